The van der Waals surface area contributed by atoms with Crippen LogP contribution < -0.4 is 0 Å². The third-order valence-electron chi connectivity index (χ3n) is 4.11. The zero-order chi connectivity index (χ0) is 14.1. The fourth-order valence-corrected chi connectivity index (χ4v) is 3.17. The van der Waals surface area contributed by atoms with Crippen LogP contribution in [-0.4, -0.2) is 9.78 Å². The molecule has 0 aliphatic heterocycles. The maximum Gasteiger partial charge on any atom is 0.0692 e. The molecule has 3 rings (SSSR count). The highest BCUT2D eigenvalue weighted by molar-refractivity contribution is 6.31. The number of rotatable bonds is 2. The summed E-state index contributed by atoms with van der Waals surface area (Å²) in [4.78, 5) is 0. The van der Waals surface area contributed by atoms with Gasteiger partial charge < -0.3 is 0 Å². The molecule has 4 heteroatoms. The zero-order valence-corrected chi connectivity index (χ0v) is 12.2. The van der Waals surface area contributed by atoms with Gasteiger partial charge in [-0.1, -0.05) is 17.7 Å². The average molecular weight is 286 g/mol. The van der Waals surface area contributed by atoms with Crippen LogP contribution in [0.4, 0.5) is 0 Å². The highest BCUT2D eigenvalue weighted by Gasteiger charge is 2.25. The Balaban J connectivity index is 2.09. The van der Waals surface area contributed by atoms with Crippen molar-refractivity contribution < 1.29 is 0 Å². The van der Waals surface area contributed by atoms with Gasteiger partial charge in [0.05, 0.1) is 18.0 Å². The Kier molecular flexibility index (Phi) is 3.50. The van der Waals surface area contributed by atoms with E-state index in [9.17, 15) is 0 Å². The van der Waals surface area contributed by atoms with Crippen molar-refractivity contribution in [1.29, 1.82) is 5.26 Å². The first-order chi connectivity index (χ1) is 9.72. The first-order valence-electron chi connectivity index (χ1n) is 6.91. The number of hydrogen-bond acceptors (Lipinski definition) is 2. The van der Waals surface area contributed by atoms with Crippen LogP contribution in [0.15, 0.2) is 24.4 Å². The Morgan fingerprint density at radius 1 is 1.50 bits per heavy atom. The average Bonchev–Trinajstić information content (AvgIpc) is 2.87. The second-order valence-electron chi connectivity index (χ2n) is 5.29. The van der Waals surface area contributed by atoms with E-state index in [0.717, 1.165) is 35.5 Å². The van der Waals surface area contributed by atoms with Crippen LogP contribution >= 0.6 is 11.6 Å². The number of benzene rings is 1. The normalized spacial score (nSPS) is 17.6. The van der Waals surface area contributed by atoms with Crippen molar-refractivity contribution in [3.63, 3.8) is 0 Å². The fourth-order valence-electron chi connectivity index (χ4n) is 3.00. The number of nitriles is 1. The summed E-state index contributed by atoms with van der Waals surface area (Å²) < 4.78 is 2.00. The third kappa shape index (κ3) is 2.10. The molecule has 1 aromatic heterocycles. The molecule has 1 aliphatic rings. The molecule has 102 valence electrons. The van der Waals surface area contributed by atoms with Crippen molar-refractivity contribution in [3.8, 4) is 11.8 Å². The molecule has 0 bridgehead atoms. The molecule has 2 aromatic rings. The molecule has 0 fully saturated rings. The maximum atomic E-state index is 8.95. The van der Waals surface area contributed by atoms with Gasteiger partial charge in [-0.25, -0.2) is 4.68 Å². The monoisotopic (exact) mass is 285 g/mol. The summed E-state index contributed by atoms with van der Waals surface area (Å²) in [5.74, 6) is 0.331. The second-order valence-corrected chi connectivity index (χ2v) is 5.70. The SMILES string of the molecule is Cc1c(Cl)cccc1-n1ncc2c1CCCC2CC#N. The Bertz CT molecular complexity index is 682. The van der Waals surface area contributed by atoms with E-state index in [1.807, 2.05) is 36.0 Å². The van der Waals surface area contributed by atoms with E-state index in [0.29, 0.717) is 12.3 Å². The summed E-state index contributed by atoms with van der Waals surface area (Å²) in [7, 11) is 0. The fraction of sp³-hybridized carbons (Fsp3) is 0.375. The number of hydrogen-bond donors (Lipinski definition) is 0. The van der Waals surface area contributed by atoms with Crippen LogP contribution in [0.2, 0.25) is 5.02 Å². The lowest BCUT2D eigenvalue weighted by Crippen LogP contribution is -2.12. The maximum absolute atomic E-state index is 8.95. The summed E-state index contributed by atoms with van der Waals surface area (Å²) in [6, 6.07) is 8.18. The van der Waals surface area contributed by atoms with Crippen molar-refractivity contribution in [3.05, 3.63) is 46.2 Å². The molecule has 0 radical (unpaired) electrons. The van der Waals surface area contributed by atoms with E-state index in [4.69, 9.17) is 16.9 Å². The molecule has 0 spiro atoms. The Morgan fingerprint density at radius 2 is 2.35 bits per heavy atom. The van der Waals surface area contributed by atoms with Gasteiger partial charge in [0.25, 0.3) is 0 Å². The predicted octanol–water partition coefficient (Wildman–Crippen LogP) is 4.17. The minimum Gasteiger partial charge on any atom is -0.237 e. The van der Waals surface area contributed by atoms with Crippen LogP contribution in [0.5, 0.6) is 0 Å². The largest absolute Gasteiger partial charge is 0.237 e. The van der Waals surface area contributed by atoms with Gasteiger partial charge in [-0.15, -0.1) is 0 Å². The van der Waals surface area contributed by atoms with Crippen LogP contribution in [-0.2, 0) is 6.42 Å². The van der Waals surface area contributed by atoms with Gasteiger partial charge in [0.2, 0.25) is 0 Å². The minimum atomic E-state index is 0.331. The molecule has 1 atom stereocenters. The summed E-state index contributed by atoms with van der Waals surface area (Å²) in [5, 5.41) is 14.3. The summed E-state index contributed by atoms with van der Waals surface area (Å²) in [6.45, 7) is 2.02. The van der Waals surface area contributed by atoms with Crippen molar-refractivity contribution in [2.75, 3.05) is 0 Å². The van der Waals surface area contributed by atoms with E-state index in [-0.39, 0.29) is 0 Å². The molecule has 0 N–H and O–H groups in total. The standard InChI is InChI=1S/C16H16ClN3/c1-11-14(17)5-3-6-15(11)20-16-7-2-4-12(8-9-18)13(16)10-19-20/h3,5-6,10,12H,2,4,7-8H2,1H3. The molecule has 1 unspecified atom stereocenters. The van der Waals surface area contributed by atoms with E-state index < -0.39 is 0 Å². The van der Waals surface area contributed by atoms with Crippen LogP contribution in [0.25, 0.3) is 5.69 Å². The summed E-state index contributed by atoms with van der Waals surface area (Å²) in [5.41, 5.74) is 4.55. The molecule has 20 heavy (non-hydrogen) atoms. The molecule has 1 aromatic carbocycles. The van der Waals surface area contributed by atoms with E-state index in [1.54, 1.807) is 0 Å². The van der Waals surface area contributed by atoms with Crippen molar-refractivity contribution in [2.24, 2.45) is 0 Å². The Morgan fingerprint density at radius 3 is 3.15 bits per heavy atom. The molecular weight excluding hydrogens is 270 g/mol. The number of nitrogens with zero attached hydrogens (tertiary/aromatic N) is 3. The Labute approximate surface area is 123 Å². The van der Waals surface area contributed by atoms with Gasteiger partial charge in [-0.2, -0.15) is 10.4 Å². The highest BCUT2D eigenvalue weighted by Crippen LogP contribution is 2.35. The second kappa shape index (κ2) is 5.30. The number of aromatic nitrogens is 2. The van der Waals surface area contributed by atoms with E-state index in [1.165, 1.54) is 11.3 Å². The van der Waals surface area contributed by atoms with Crippen LogP contribution in [0.1, 0.15) is 42.0 Å². The topological polar surface area (TPSA) is 41.6 Å². The van der Waals surface area contributed by atoms with E-state index in [2.05, 4.69) is 11.2 Å². The minimum absolute atomic E-state index is 0.331. The predicted molar refractivity (Wildman–Crippen MR) is 79.2 cm³/mol. The summed E-state index contributed by atoms with van der Waals surface area (Å²) >= 11 is 6.21. The smallest absolute Gasteiger partial charge is 0.0692 e. The lowest BCUT2D eigenvalue weighted by molar-refractivity contribution is 0.550. The quantitative estimate of drug-likeness (QED) is 0.831. The van der Waals surface area contributed by atoms with Crippen molar-refractivity contribution in [2.45, 2.75) is 38.5 Å². The lowest BCUT2D eigenvalue weighted by Gasteiger charge is -2.21. The first-order valence-corrected chi connectivity index (χ1v) is 7.29. The molecule has 1 aliphatic carbocycles. The summed E-state index contributed by atoms with van der Waals surface area (Å²) in [6.07, 6.45) is 5.72. The van der Waals surface area contributed by atoms with Gasteiger partial charge in [0.1, 0.15) is 0 Å². The molecule has 3 nitrogen and oxygen atoms in total. The van der Waals surface area contributed by atoms with E-state index >= 15 is 0 Å². The lowest BCUT2D eigenvalue weighted by atomic mass is 9.85. The zero-order valence-electron chi connectivity index (χ0n) is 11.4. The van der Waals surface area contributed by atoms with Crippen molar-refractivity contribution in [1.82, 2.24) is 9.78 Å². The molecule has 1 heterocycles. The van der Waals surface area contributed by atoms with Crippen LogP contribution in [0.3, 0.4) is 0 Å². The van der Waals surface area contributed by atoms with Gasteiger partial charge in [0.15, 0.2) is 0 Å². The van der Waals surface area contributed by atoms with Crippen LogP contribution in [0, 0.1) is 18.3 Å². The van der Waals surface area contributed by atoms with Gasteiger partial charge in [-0.3, -0.25) is 0 Å². The van der Waals surface area contributed by atoms with Gasteiger partial charge >= 0.3 is 0 Å². The molecular formula is C16H16ClN3. The third-order valence-corrected chi connectivity index (χ3v) is 4.52. The molecule has 0 amide bonds. The Hall–Kier alpha value is -1.79. The molecule has 0 saturated carbocycles. The molecule has 0 saturated heterocycles. The first kappa shape index (κ1) is 13.2. The number of halogens is 1. The number of fused-ring (bicyclic) bond motifs is 1. The van der Waals surface area contributed by atoms with Gasteiger partial charge in [0, 0.05) is 23.1 Å². The highest BCUT2D eigenvalue weighted by atomic mass is 35.5. The van der Waals surface area contributed by atoms with Gasteiger partial charge in [-0.05, 0) is 49.4 Å². The van der Waals surface area contributed by atoms with Crippen molar-refractivity contribution >= 4 is 11.6 Å².